The molecule has 2 aromatic rings. The molecule has 2 aromatic carbocycles. The summed E-state index contributed by atoms with van der Waals surface area (Å²) < 4.78 is 40.0. The van der Waals surface area contributed by atoms with Crippen LogP contribution in [0.1, 0.15) is 61.1 Å². The molecule has 0 aromatic heterocycles. The third-order valence-corrected chi connectivity index (χ3v) is 9.75. The van der Waals surface area contributed by atoms with Crippen LogP contribution < -0.4 is 10.1 Å². The van der Waals surface area contributed by atoms with Crippen molar-refractivity contribution in [3.63, 3.8) is 0 Å². The van der Waals surface area contributed by atoms with Crippen molar-refractivity contribution in [2.45, 2.75) is 68.4 Å². The molecule has 204 valence electrons. The number of nitrogens with zero attached hydrogens (tertiary/aromatic N) is 1. The predicted molar refractivity (Wildman–Crippen MR) is 142 cm³/mol. The van der Waals surface area contributed by atoms with E-state index in [1.807, 2.05) is 18.2 Å². The number of halogens is 2. The Labute approximate surface area is 223 Å². The van der Waals surface area contributed by atoms with E-state index in [4.69, 9.17) is 9.47 Å². The lowest BCUT2D eigenvalue weighted by molar-refractivity contribution is -0.145. The van der Waals surface area contributed by atoms with Crippen molar-refractivity contribution in [2.75, 3.05) is 33.4 Å². The molecule has 7 heteroatoms. The second-order valence-corrected chi connectivity index (χ2v) is 11.7. The first-order valence-electron chi connectivity index (χ1n) is 14.1. The van der Waals surface area contributed by atoms with Crippen molar-refractivity contribution in [1.82, 2.24) is 10.2 Å². The highest BCUT2D eigenvalue weighted by Crippen LogP contribution is 2.47. The summed E-state index contributed by atoms with van der Waals surface area (Å²) in [5.74, 6) is -1.47. The highest BCUT2D eigenvalue weighted by atomic mass is 19.3. The van der Waals surface area contributed by atoms with Crippen molar-refractivity contribution in [3.05, 3.63) is 65.2 Å². The van der Waals surface area contributed by atoms with Crippen LogP contribution in [-0.2, 0) is 21.6 Å². The molecule has 6 rings (SSSR count). The Balaban J connectivity index is 1.31. The van der Waals surface area contributed by atoms with Crippen LogP contribution in [0.25, 0.3) is 0 Å². The van der Waals surface area contributed by atoms with E-state index >= 15 is 0 Å². The molecule has 2 saturated heterocycles. The van der Waals surface area contributed by atoms with Gasteiger partial charge in [-0.2, -0.15) is 0 Å². The zero-order valence-corrected chi connectivity index (χ0v) is 22.1. The number of carbonyl (C=O) groups is 1. The second kappa shape index (κ2) is 10.2. The number of likely N-dealkylation sites (tertiary alicyclic amines) is 1. The number of ether oxygens (including phenoxy) is 2. The number of hydrogen-bond acceptors (Lipinski definition) is 4. The summed E-state index contributed by atoms with van der Waals surface area (Å²) >= 11 is 0. The number of rotatable bonds is 4. The standard InChI is InChI=1S/C31H38F2N2O3/c1-37-28-9-5-8-25-24(28)18-38-20-30(25)19-34-17-26(30)29(36)35-15-12-23(21-6-3-2-4-7-21)16-27(35)22-10-13-31(32,33)14-11-22/h2-9,22-23,26-27,34H,10-20H2,1H3/t23-,26+,27+,30-/m1/s1. The van der Waals surface area contributed by atoms with E-state index in [2.05, 4.69) is 40.5 Å². The second-order valence-electron chi connectivity index (χ2n) is 11.7. The van der Waals surface area contributed by atoms with E-state index in [1.165, 1.54) is 5.56 Å². The van der Waals surface area contributed by atoms with Crippen LogP contribution in [0.2, 0.25) is 0 Å². The van der Waals surface area contributed by atoms with Gasteiger partial charge in [0.2, 0.25) is 11.8 Å². The number of fused-ring (bicyclic) bond motifs is 2. The largest absolute Gasteiger partial charge is 0.496 e. The summed E-state index contributed by atoms with van der Waals surface area (Å²) in [4.78, 5) is 16.6. The molecule has 0 bridgehead atoms. The number of amides is 1. The Bertz CT molecular complexity index is 1150. The summed E-state index contributed by atoms with van der Waals surface area (Å²) in [6.07, 6.45) is 2.51. The van der Waals surface area contributed by atoms with Crippen molar-refractivity contribution < 1.29 is 23.0 Å². The number of methoxy groups -OCH3 is 1. The number of carbonyl (C=O) groups excluding carboxylic acids is 1. The number of piperidine rings is 1. The molecular weight excluding hydrogens is 486 g/mol. The van der Waals surface area contributed by atoms with Gasteiger partial charge in [-0.25, -0.2) is 8.78 Å². The van der Waals surface area contributed by atoms with Gasteiger partial charge in [-0.3, -0.25) is 4.79 Å². The first-order chi connectivity index (χ1) is 18.4. The minimum atomic E-state index is -2.58. The van der Waals surface area contributed by atoms with Crippen molar-refractivity contribution >= 4 is 5.91 Å². The van der Waals surface area contributed by atoms with E-state index in [0.29, 0.717) is 51.6 Å². The average molecular weight is 525 g/mol. The third kappa shape index (κ3) is 4.51. The Morgan fingerprint density at radius 1 is 1.08 bits per heavy atom. The minimum absolute atomic E-state index is 0.0236. The Kier molecular flexibility index (Phi) is 6.93. The lowest BCUT2D eigenvalue weighted by atomic mass is 9.68. The predicted octanol–water partition coefficient (Wildman–Crippen LogP) is 5.28. The summed E-state index contributed by atoms with van der Waals surface area (Å²) in [5, 5.41) is 3.50. The van der Waals surface area contributed by atoms with E-state index in [-0.39, 0.29) is 36.6 Å². The maximum absolute atomic E-state index is 14.5. The lowest BCUT2D eigenvalue weighted by Gasteiger charge is -2.48. The fraction of sp³-hybridized carbons (Fsp3) is 0.581. The zero-order valence-electron chi connectivity index (χ0n) is 22.1. The Morgan fingerprint density at radius 3 is 2.63 bits per heavy atom. The monoisotopic (exact) mass is 524 g/mol. The van der Waals surface area contributed by atoms with Crippen LogP contribution in [0.5, 0.6) is 5.75 Å². The van der Waals surface area contributed by atoms with Crippen LogP contribution in [0.4, 0.5) is 8.78 Å². The highest BCUT2D eigenvalue weighted by Gasteiger charge is 2.54. The number of nitrogens with one attached hydrogen (secondary N) is 1. The fourth-order valence-electron chi connectivity index (χ4n) is 7.69. The van der Waals surface area contributed by atoms with Gasteiger partial charge in [-0.15, -0.1) is 0 Å². The maximum atomic E-state index is 14.5. The van der Waals surface area contributed by atoms with Crippen LogP contribution in [-0.4, -0.2) is 56.1 Å². The van der Waals surface area contributed by atoms with Gasteiger partial charge in [0.1, 0.15) is 5.75 Å². The molecule has 3 aliphatic heterocycles. The zero-order chi connectivity index (χ0) is 26.3. The quantitative estimate of drug-likeness (QED) is 0.591. The van der Waals surface area contributed by atoms with Gasteiger partial charge in [0, 0.05) is 49.5 Å². The maximum Gasteiger partial charge on any atom is 0.248 e. The van der Waals surface area contributed by atoms with E-state index in [0.717, 1.165) is 29.7 Å². The normalized spacial score (nSPS) is 31.2. The van der Waals surface area contributed by atoms with Gasteiger partial charge in [0.15, 0.2) is 0 Å². The molecular formula is C31H38F2N2O3. The Morgan fingerprint density at radius 2 is 1.87 bits per heavy atom. The first kappa shape index (κ1) is 25.8. The van der Waals surface area contributed by atoms with E-state index in [9.17, 15) is 13.6 Å². The molecule has 0 unspecified atom stereocenters. The SMILES string of the molecule is COc1cccc2c1COC[C@]21CNC[C@H]1C(=O)N1CC[C@@H](c2ccccc2)C[C@H]1C1CCC(F)(F)CC1. The van der Waals surface area contributed by atoms with Crippen LogP contribution in [0, 0.1) is 11.8 Å². The van der Waals surface area contributed by atoms with Crippen LogP contribution in [0.15, 0.2) is 48.5 Å². The van der Waals surface area contributed by atoms with Crippen LogP contribution >= 0.6 is 0 Å². The van der Waals surface area contributed by atoms with Gasteiger partial charge < -0.3 is 19.7 Å². The molecule has 4 atom stereocenters. The molecule has 1 N–H and O–H groups in total. The summed E-state index contributed by atoms with van der Waals surface area (Å²) in [7, 11) is 1.67. The smallest absolute Gasteiger partial charge is 0.248 e. The topological polar surface area (TPSA) is 50.8 Å². The molecule has 1 spiro atoms. The first-order valence-corrected chi connectivity index (χ1v) is 14.1. The summed E-state index contributed by atoms with van der Waals surface area (Å²) in [6.45, 7) is 2.88. The molecule has 38 heavy (non-hydrogen) atoms. The van der Waals surface area contributed by atoms with Gasteiger partial charge in [0.05, 0.1) is 26.2 Å². The van der Waals surface area contributed by atoms with E-state index < -0.39 is 11.3 Å². The molecule has 4 aliphatic rings. The van der Waals surface area contributed by atoms with Gasteiger partial charge in [0.25, 0.3) is 0 Å². The van der Waals surface area contributed by atoms with Crippen molar-refractivity contribution in [1.29, 1.82) is 0 Å². The molecule has 3 heterocycles. The number of hydrogen-bond donors (Lipinski definition) is 1. The molecule has 1 saturated carbocycles. The Hall–Kier alpha value is -2.51. The molecule has 1 amide bonds. The van der Waals surface area contributed by atoms with Crippen LogP contribution in [0.3, 0.4) is 0 Å². The molecule has 0 radical (unpaired) electrons. The summed E-state index contributed by atoms with van der Waals surface area (Å²) in [6, 6.07) is 16.5. The van der Waals surface area contributed by atoms with E-state index in [1.54, 1.807) is 7.11 Å². The minimum Gasteiger partial charge on any atom is -0.496 e. The number of benzene rings is 2. The average Bonchev–Trinajstić information content (AvgIpc) is 3.36. The molecule has 1 aliphatic carbocycles. The fourth-order valence-corrected chi connectivity index (χ4v) is 7.69. The number of alkyl halides is 2. The van der Waals surface area contributed by atoms with Crippen molar-refractivity contribution in [3.8, 4) is 5.75 Å². The van der Waals surface area contributed by atoms with Gasteiger partial charge in [-0.1, -0.05) is 42.5 Å². The molecule has 3 fully saturated rings. The molecule has 5 nitrogen and oxygen atoms in total. The van der Waals surface area contributed by atoms with Crippen molar-refractivity contribution in [2.24, 2.45) is 11.8 Å². The highest BCUT2D eigenvalue weighted by molar-refractivity contribution is 5.82. The van der Waals surface area contributed by atoms with Gasteiger partial charge >= 0.3 is 0 Å². The van der Waals surface area contributed by atoms with Gasteiger partial charge in [-0.05, 0) is 54.7 Å². The summed E-state index contributed by atoms with van der Waals surface area (Å²) in [5.41, 5.74) is 2.99. The third-order valence-electron chi connectivity index (χ3n) is 9.75. The lowest BCUT2D eigenvalue weighted by Crippen LogP contribution is -2.56.